The van der Waals surface area contributed by atoms with Gasteiger partial charge in [0.15, 0.2) is 0 Å². The van der Waals surface area contributed by atoms with Crippen LogP contribution < -0.4 is 5.73 Å². The Hall–Kier alpha value is -0.510. The first-order valence-electron chi connectivity index (χ1n) is 3.74. The summed E-state index contributed by atoms with van der Waals surface area (Å²) in [6.45, 7) is 0.189. The summed E-state index contributed by atoms with van der Waals surface area (Å²) in [7, 11) is 0. The Bertz CT molecular complexity index is 189. The molecule has 1 aromatic rings. The van der Waals surface area contributed by atoms with Gasteiger partial charge in [-0.25, -0.2) is 0 Å². The molecular formula is C8H14ClNO2. The maximum atomic E-state index is 8.53. The fourth-order valence-electron chi connectivity index (χ4n) is 0.956. The summed E-state index contributed by atoms with van der Waals surface area (Å²) in [5, 5.41) is 8.53. The fraction of sp³-hybridized carbons (Fsp3) is 0.500. The number of hydrogen-bond acceptors (Lipinski definition) is 3. The van der Waals surface area contributed by atoms with E-state index < -0.39 is 0 Å². The molecule has 0 aromatic carbocycles. The molecule has 3 nitrogen and oxygen atoms in total. The third-order valence-electron chi connectivity index (χ3n) is 1.58. The van der Waals surface area contributed by atoms with Gasteiger partial charge in [-0.3, -0.25) is 0 Å². The Kier molecular flexibility index (Phi) is 5.80. The molecule has 0 aliphatic heterocycles. The van der Waals surface area contributed by atoms with Crippen LogP contribution in [0.4, 0.5) is 0 Å². The number of nitrogens with two attached hydrogens (primary N) is 1. The van der Waals surface area contributed by atoms with Crippen LogP contribution in [0, 0.1) is 0 Å². The van der Waals surface area contributed by atoms with Gasteiger partial charge in [0.25, 0.3) is 0 Å². The molecule has 3 N–H and O–H groups in total. The van der Waals surface area contributed by atoms with E-state index in [0.29, 0.717) is 0 Å². The highest BCUT2D eigenvalue weighted by Gasteiger charge is 2.06. The highest BCUT2D eigenvalue weighted by atomic mass is 35.5. The predicted octanol–water partition coefficient (Wildman–Crippen LogP) is 1.47. The summed E-state index contributed by atoms with van der Waals surface area (Å²) in [6, 6.07) is 3.59. The Morgan fingerprint density at radius 2 is 2.33 bits per heavy atom. The zero-order valence-electron chi connectivity index (χ0n) is 6.77. The first-order chi connectivity index (χ1) is 5.34. The van der Waals surface area contributed by atoms with Crippen molar-refractivity contribution in [1.29, 1.82) is 0 Å². The van der Waals surface area contributed by atoms with E-state index in [2.05, 4.69) is 0 Å². The van der Waals surface area contributed by atoms with Gasteiger partial charge in [-0.15, -0.1) is 12.4 Å². The van der Waals surface area contributed by atoms with Gasteiger partial charge in [-0.2, -0.15) is 0 Å². The SMILES string of the molecule is Cl.N[C@H](CCCO)c1ccco1. The minimum absolute atomic E-state index is 0. The van der Waals surface area contributed by atoms with Crippen LogP contribution in [0.2, 0.25) is 0 Å². The second-order valence-corrected chi connectivity index (χ2v) is 2.49. The summed E-state index contributed by atoms with van der Waals surface area (Å²) in [5.41, 5.74) is 5.72. The largest absolute Gasteiger partial charge is 0.468 e. The summed E-state index contributed by atoms with van der Waals surface area (Å²) in [5.74, 6) is 0.790. The molecule has 0 saturated heterocycles. The van der Waals surface area contributed by atoms with Crippen molar-refractivity contribution >= 4 is 12.4 Å². The van der Waals surface area contributed by atoms with Gasteiger partial charge < -0.3 is 15.3 Å². The third kappa shape index (κ3) is 3.26. The van der Waals surface area contributed by atoms with E-state index in [0.717, 1.165) is 18.6 Å². The monoisotopic (exact) mass is 191 g/mol. The molecule has 1 atom stereocenters. The van der Waals surface area contributed by atoms with Gasteiger partial charge >= 0.3 is 0 Å². The lowest BCUT2D eigenvalue weighted by Gasteiger charge is -2.05. The highest BCUT2D eigenvalue weighted by molar-refractivity contribution is 5.85. The molecule has 0 aliphatic rings. The topological polar surface area (TPSA) is 59.4 Å². The molecular weight excluding hydrogens is 178 g/mol. The quantitative estimate of drug-likeness (QED) is 0.758. The van der Waals surface area contributed by atoms with Crippen LogP contribution in [0.5, 0.6) is 0 Å². The van der Waals surface area contributed by atoms with Crippen LogP contribution in [-0.4, -0.2) is 11.7 Å². The molecule has 0 amide bonds. The molecule has 0 radical (unpaired) electrons. The van der Waals surface area contributed by atoms with Crippen molar-refractivity contribution in [2.45, 2.75) is 18.9 Å². The van der Waals surface area contributed by atoms with Crippen molar-refractivity contribution in [3.63, 3.8) is 0 Å². The van der Waals surface area contributed by atoms with E-state index >= 15 is 0 Å². The zero-order chi connectivity index (χ0) is 8.10. The van der Waals surface area contributed by atoms with Gasteiger partial charge in [0.1, 0.15) is 5.76 Å². The van der Waals surface area contributed by atoms with Gasteiger partial charge in [0, 0.05) is 6.61 Å². The van der Waals surface area contributed by atoms with Crippen LogP contribution >= 0.6 is 12.4 Å². The summed E-state index contributed by atoms with van der Waals surface area (Å²) in [4.78, 5) is 0. The highest BCUT2D eigenvalue weighted by Crippen LogP contribution is 2.15. The number of aliphatic hydroxyl groups excluding tert-OH is 1. The molecule has 1 heterocycles. The van der Waals surface area contributed by atoms with Crippen molar-refractivity contribution in [2.24, 2.45) is 5.73 Å². The van der Waals surface area contributed by atoms with Gasteiger partial charge in [-0.1, -0.05) is 0 Å². The predicted molar refractivity (Wildman–Crippen MR) is 49.2 cm³/mol. The lowest BCUT2D eigenvalue weighted by molar-refractivity contribution is 0.276. The number of aliphatic hydroxyl groups is 1. The third-order valence-corrected chi connectivity index (χ3v) is 1.58. The Labute approximate surface area is 78.0 Å². The maximum Gasteiger partial charge on any atom is 0.120 e. The summed E-state index contributed by atoms with van der Waals surface area (Å²) >= 11 is 0. The number of rotatable bonds is 4. The Balaban J connectivity index is 0.00000121. The van der Waals surface area contributed by atoms with Crippen molar-refractivity contribution in [3.8, 4) is 0 Å². The van der Waals surface area contributed by atoms with Gasteiger partial charge in [-0.05, 0) is 25.0 Å². The number of furan rings is 1. The maximum absolute atomic E-state index is 8.53. The average Bonchev–Trinajstić information content (AvgIpc) is 2.52. The summed E-state index contributed by atoms with van der Waals surface area (Å²) < 4.78 is 5.09. The van der Waals surface area contributed by atoms with E-state index in [1.807, 2.05) is 12.1 Å². The molecule has 4 heteroatoms. The second kappa shape index (κ2) is 6.06. The lowest BCUT2D eigenvalue weighted by Crippen LogP contribution is -2.09. The molecule has 1 aromatic heterocycles. The van der Waals surface area contributed by atoms with E-state index in [1.165, 1.54) is 0 Å². The molecule has 0 fully saturated rings. The van der Waals surface area contributed by atoms with Gasteiger partial charge in [0.05, 0.1) is 12.3 Å². The van der Waals surface area contributed by atoms with Crippen molar-refractivity contribution in [2.75, 3.05) is 6.61 Å². The van der Waals surface area contributed by atoms with E-state index in [9.17, 15) is 0 Å². The van der Waals surface area contributed by atoms with Gasteiger partial charge in [0.2, 0.25) is 0 Å². The first-order valence-corrected chi connectivity index (χ1v) is 3.74. The lowest BCUT2D eigenvalue weighted by atomic mass is 10.1. The molecule has 0 bridgehead atoms. The normalized spacial score (nSPS) is 12.2. The molecule has 0 aliphatic carbocycles. The number of halogens is 1. The number of hydrogen-bond donors (Lipinski definition) is 2. The van der Waals surface area contributed by atoms with Crippen LogP contribution in [0.15, 0.2) is 22.8 Å². The molecule has 12 heavy (non-hydrogen) atoms. The van der Waals surface area contributed by atoms with Crippen LogP contribution in [0.3, 0.4) is 0 Å². The van der Waals surface area contributed by atoms with Crippen LogP contribution in [0.1, 0.15) is 24.6 Å². The van der Waals surface area contributed by atoms with E-state index in [-0.39, 0.29) is 25.1 Å². The van der Waals surface area contributed by atoms with Crippen LogP contribution in [0.25, 0.3) is 0 Å². The van der Waals surface area contributed by atoms with Crippen molar-refractivity contribution in [3.05, 3.63) is 24.2 Å². The van der Waals surface area contributed by atoms with Crippen molar-refractivity contribution in [1.82, 2.24) is 0 Å². The van der Waals surface area contributed by atoms with Crippen LogP contribution in [-0.2, 0) is 0 Å². The summed E-state index contributed by atoms with van der Waals surface area (Å²) in [6.07, 6.45) is 3.10. The van der Waals surface area contributed by atoms with Crippen molar-refractivity contribution < 1.29 is 9.52 Å². The second-order valence-electron chi connectivity index (χ2n) is 2.49. The molecule has 70 valence electrons. The zero-order valence-corrected chi connectivity index (χ0v) is 7.59. The minimum atomic E-state index is -0.0721. The Morgan fingerprint density at radius 3 is 2.83 bits per heavy atom. The van der Waals surface area contributed by atoms with E-state index in [1.54, 1.807) is 6.26 Å². The molecule has 0 unspecified atom stereocenters. The average molecular weight is 192 g/mol. The fourth-order valence-corrected chi connectivity index (χ4v) is 0.956. The molecule has 1 rings (SSSR count). The molecule has 0 spiro atoms. The standard InChI is InChI=1S/C8H13NO2.ClH/c9-7(3-1-5-10)8-4-2-6-11-8;/h2,4,6-7,10H,1,3,5,9H2;1H/t7-;/m1./s1. The minimum Gasteiger partial charge on any atom is -0.468 e. The Morgan fingerprint density at radius 1 is 1.58 bits per heavy atom. The first kappa shape index (κ1) is 11.5. The van der Waals surface area contributed by atoms with E-state index in [4.69, 9.17) is 15.3 Å². The molecule has 0 saturated carbocycles. The smallest absolute Gasteiger partial charge is 0.120 e.